The van der Waals surface area contributed by atoms with Crippen molar-refractivity contribution in [3.8, 4) is 11.5 Å². The number of aromatic nitrogens is 4. The number of rotatable bonds is 2. The molecule has 19 heavy (non-hydrogen) atoms. The van der Waals surface area contributed by atoms with Gasteiger partial charge in [0.25, 0.3) is 17.3 Å². The number of nitrogen functional groups attached to an aromatic ring is 1. The molecule has 0 aliphatic heterocycles. The van der Waals surface area contributed by atoms with Crippen molar-refractivity contribution in [2.75, 3.05) is 5.73 Å². The van der Waals surface area contributed by atoms with E-state index in [0.717, 1.165) is 5.69 Å². The van der Waals surface area contributed by atoms with E-state index in [9.17, 15) is 4.79 Å². The minimum atomic E-state index is -0.275. The van der Waals surface area contributed by atoms with Crippen LogP contribution < -0.4 is 15.9 Å². The summed E-state index contributed by atoms with van der Waals surface area (Å²) in [5.74, 6) is 0.582. The summed E-state index contributed by atoms with van der Waals surface area (Å²) in [6.07, 6.45) is 5.53. The van der Waals surface area contributed by atoms with E-state index in [4.69, 9.17) is 5.73 Å². The van der Waals surface area contributed by atoms with Crippen LogP contribution in [0.1, 0.15) is 0 Å². The Bertz CT molecular complexity index is 760. The Morgan fingerprint density at radius 3 is 2.79 bits per heavy atom. The van der Waals surface area contributed by atoms with Crippen LogP contribution in [-0.2, 0) is 0 Å². The highest BCUT2D eigenvalue weighted by Crippen LogP contribution is 2.05. The maximum absolute atomic E-state index is 11.4. The van der Waals surface area contributed by atoms with Crippen molar-refractivity contribution in [2.24, 2.45) is 0 Å². The summed E-state index contributed by atoms with van der Waals surface area (Å²) in [6.45, 7) is 0. The molecule has 3 N–H and O–H groups in total. The van der Waals surface area contributed by atoms with Crippen molar-refractivity contribution in [2.45, 2.75) is 0 Å². The molecule has 0 fully saturated rings. The van der Waals surface area contributed by atoms with E-state index in [2.05, 4.69) is 9.97 Å². The van der Waals surface area contributed by atoms with Crippen LogP contribution in [0.4, 0.5) is 5.95 Å². The Kier molecular flexibility index (Phi) is 2.60. The van der Waals surface area contributed by atoms with E-state index in [0.29, 0.717) is 5.82 Å². The summed E-state index contributed by atoms with van der Waals surface area (Å²) < 4.78 is 3.66. The quantitative estimate of drug-likeness (QED) is 0.650. The van der Waals surface area contributed by atoms with E-state index in [1.54, 1.807) is 4.57 Å². The van der Waals surface area contributed by atoms with Gasteiger partial charge in [-0.05, 0) is 12.1 Å². The zero-order chi connectivity index (χ0) is 13.2. The summed E-state index contributed by atoms with van der Waals surface area (Å²) in [7, 11) is 0. The van der Waals surface area contributed by atoms with Crippen LogP contribution in [-0.4, -0.2) is 14.5 Å². The molecule has 0 saturated heterocycles. The van der Waals surface area contributed by atoms with Gasteiger partial charge in [0.15, 0.2) is 6.33 Å². The van der Waals surface area contributed by atoms with Crippen molar-refractivity contribution < 1.29 is 4.57 Å². The van der Waals surface area contributed by atoms with Crippen LogP contribution in [0.2, 0.25) is 0 Å². The summed E-state index contributed by atoms with van der Waals surface area (Å²) >= 11 is 0. The van der Waals surface area contributed by atoms with E-state index >= 15 is 0 Å². The number of hydrogen-bond donors (Lipinski definition) is 2. The van der Waals surface area contributed by atoms with Gasteiger partial charge in [-0.2, -0.15) is 0 Å². The van der Waals surface area contributed by atoms with Crippen LogP contribution in [0.25, 0.3) is 11.5 Å². The molecular formula is C13H12N5O+. The standard InChI is InChI=1S/C13H11N5O/c14-13-15-11(8-12(19)16-13)18-7-6-17(9-18)10-4-2-1-3-5-10/h1-9H,(H2-,14,15,16,19)/p+1. The average molecular weight is 254 g/mol. The molecule has 0 radical (unpaired) electrons. The molecule has 0 aliphatic rings. The maximum Gasteiger partial charge on any atom is 0.278 e. The number of hydrogen-bond acceptors (Lipinski definition) is 3. The van der Waals surface area contributed by atoms with Gasteiger partial charge in [-0.15, -0.1) is 0 Å². The lowest BCUT2D eigenvalue weighted by molar-refractivity contribution is -0.598. The predicted molar refractivity (Wildman–Crippen MR) is 70.1 cm³/mol. The fourth-order valence-corrected chi connectivity index (χ4v) is 1.84. The predicted octanol–water partition coefficient (Wildman–Crippen LogP) is 0.419. The second-order valence-corrected chi connectivity index (χ2v) is 4.05. The molecule has 6 heteroatoms. The monoisotopic (exact) mass is 254 g/mol. The summed E-state index contributed by atoms with van der Waals surface area (Å²) in [4.78, 5) is 17.9. The summed E-state index contributed by atoms with van der Waals surface area (Å²) in [6, 6.07) is 11.3. The number of nitrogens with one attached hydrogen (secondary N) is 1. The van der Waals surface area contributed by atoms with Crippen LogP contribution in [0, 0.1) is 0 Å². The first kappa shape index (κ1) is 11.2. The molecule has 94 valence electrons. The molecule has 0 aliphatic carbocycles. The molecule has 2 aromatic heterocycles. The second-order valence-electron chi connectivity index (χ2n) is 4.05. The highest BCUT2D eigenvalue weighted by atomic mass is 16.1. The van der Waals surface area contributed by atoms with Crippen LogP contribution in [0.3, 0.4) is 0 Å². The highest BCUT2D eigenvalue weighted by Gasteiger charge is 2.10. The fraction of sp³-hybridized carbons (Fsp3) is 0. The van der Waals surface area contributed by atoms with E-state index in [-0.39, 0.29) is 11.5 Å². The minimum Gasteiger partial charge on any atom is -0.355 e. The molecule has 0 atom stereocenters. The molecule has 2 heterocycles. The lowest BCUT2D eigenvalue weighted by atomic mass is 10.3. The second kappa shape index (κ2) is 4.41. The molecular weight excluding hydrogens is 242 g/mol. The first-order chi connectivity index (χ1) is 9.22. The third-order valence-electron chi connectivity index (χ3n) is 2.70. The van der Waals surface area contributed by atoms with Crippen LogP contribution >= 0.6 is 0 Å². The summed E-state index contributed by atoms with van der Waals surface area (Å²) in [5, 5.41) is 0. The molecule has 0 bridgehead atoms. The third-order valence-corrected chi connectivity index (χ3v) is 2.70. The van der Waals surface area contributed by atoms with Crippen molar-refractivity contribution in [1.82, 2.24) is 14.5 Å². The van der Waals surface area contributed by atoms with Gasteiger partial charge in [0.2, 0.25) is 0 Å². The largest absolute Gasteiger partial charge is 0.355 e. The van der Waals surface area contributed by atoms with Gasteiger partial charge in [0.1, 0.15) is 11.9 Å². The number of H-pyrrole nitrogens is 1. The van der Waals surface area contributed by atoms with Gasteiger partial charge in [-0.3, -0.25) is 9.78 Å². The number of para-hydroxylation sites is 1. The van der Waals surface area contributed by atoms with Gasteiger partial charge >= 0.3 is 0 Å². The Morgan fingerprint density at radius 1 is 1.26 bits per heavy atom. The molecule has 3 aromatic rings. The first-order valence-corrected chi connectivity index (χ1v) is 5.74. The van der Waals surface area contributed by atoms with Crippen molar-refractivity contribution in [1.29, 1.82) is 0 Å². The highest BCUT2D eigenvalue weighted by molar-refractivity contribution is 5.30. The lowest BCUT2D eigenvalue weighted by Gasteiger charge is -1.96. The van der Waals surface area contributed by atoms with Crippen molar-refractivity contribution in [3.63, 3.8) is 0 Å². The first-order valence-electron chi connectivity index (χ1n) is 5.74. The SMILES string of the molecule is Nc1nc(-[n+]2ccn(-c3ccccc3)c2)cc(=O)[nH]1. The zero-order valence-electron chi connectivity index (χ0n) is 10.0. The molecule has 1 aromatic carbocycles. The number of nitrogens with two attached hydrogens (primary N) is 1. The molecule has 0 amide bonds. The number of imidazole rings is 1. The van der Waals surface area contributed by atoms with Gasteiger partial charge < -0.3 is 5.73 Å². The molecule has 3 rings (SSSR count). The maximum atomic E-state index is 11.4. The van der Waals surface area contributed by atoms with Crippen LogP contribution in [0.15, 0.2) is 59.9 Å². The number of nitrogens with zero attached hydrogens (tertiary/aromatic N) is 3. The number of aromatic amines is 1. The summed E-state index contributed by atoms with van der Waals surface area (Å²) in [5.41, 5.74) is 6.28. The minimum absolute atomic E-state index is 0.0995. The normalized spacial score (nSPS) is 10.5. The van der Waals surface area contributed by atoms with Gasteiger partial charge in [0.05, 0.1) is 12.3 Å². The Labute approximate surface area is 108 Å². The van der Waals surface area contributed by atoms with Crippen molar-refractivity contribution in [3.05, 3.63) is 65.5 Å². The van der Waals surface area contributed by atoms with E-state index in [1.807, 2.05) is 53.6 Å². The smallest absolute Gasteiger partial charge is 0.278 e. The molecule has 0 saturated carbocycles. The Morgan fingerprint density at radius 2 is 2.05 bits per heavy atom. The van der Waals surface area contributed by atoms with E-state index in [1.165, 1.54) is 6.07 Å². The van der Waals surface area contributed by atoms with Gasteiger partial charge in [0, 0.05) is 0 Å². The molecule has 6 nitrogen and oxygen atoms in total. The average Bonchev–Trinajstić information content (AvgIpc) is 2.88. The molecule has 0 unspecified atom stereocenters. The van der Waals surface area contributed by atoms with Crippen LogP contribution in [0.5, 0.6) is 0 Å². The third kappa shape index (κ3) is 2.23. The topological polar surface area (TPSA) is 80.6 Å². The van der Waals surface area contributed by atoms with Crippen molar-refractivity contribution >= 4 is 5.95 Å². The molecule has 0 spiro atoms. The number of anilines is 1. The zero-order valence-corrected chi connectivity index (χ0v) is 10.0. The fourth-order valence-electron chi connectivity index (χ4n) is 1.84. The number of benzene rings is 1. The van der Waals surface area contributed by atoms with Gasteiger partial charge in [-0.1, -0.05) is 23.2 Å². The Hall–Kier alpha value is -2.89. The van der Waals surface area contributed by atoms with E-state index < -0.39 is 0 Å². The lowest BCUT2D eigenvalue weighted by Crippen LogP contribution is -2.31. The van der Waals surface area contributed by atoms with Gasteiger partial charge in [-0.25, -0.2) is 9.13 Å². The Balaban J connectivity index is 2.04.